The maximum absolute atomic E-state index is 11.7. The van der Waals surface area contributed by atoms with Gasteiger partial charge in [-0.15, -0.1) is 0 Å². The molecule has 2 rings (SSSR count). The Morgan fingerprint density at radius 1 is 1.38 bits per heavy atom. The summed E-state index contributed by atoms with van der Waals surface area (Å²) in [5.74, 6) is 0.736. The summed E-state index contributed by atoms with van der Waals surface area (Å²) in [5.41, 5.74) is -0.479. The molecule has 1 saturated carbocycles. The van der Waals surface area contributed by atoms with Crippen molar-refractivity contribution in [3.8, 4) is 0 Å². The van der Waals surface area contributed by atoms with E-state index in [0.717, 1.165) is 51.7 Å². The maximum atomic E-state index is 11.7. The second-order valence-corrected chi connectivity index (χ2v) is 5.71. The van der Waals surface area contributed by atoms with Crippen LogP contribution < -0.4 is 0 Å². The number of piperidine rings is 1. The Bertz CT molecular complexity index is 253. The van der Waals surface area contributed by atoms with Crippen LogP contribution >= 0.6 is 0 Å². The van der Waals surface area contributed by atoms with Crippen LogP contribution in [0, 0.1) is 5.92 Å². The Labute approximate surface area is 97.8 Å². The normalized spacial score (nSPS) is 31.6. The molecule has 0 amide bonds. The van der Waals surface area contributed by atoms with E-state index in [9.17, 15) is 9.90 Å². The molecule has 2 fully saturated rings. The van der Waals surface area contributed by atoms with Crippen molar-refractivity contribution in [3.63, 3.8) is 0 Å². The zero-order valence-electron chi connectivity index (χ0n) is 10.2. The van der Waals surface area contributed by atoms with E-state index < -0.39 is 5.60 Å². The average Bonchev–Trinajstić information content (AvgIpc) is 2.24. The minimum absolute atomic E-state index is 0.275. The van der Waals surface area contributed by atoms with Crippen LogP contribution in [0.15, 0.2) is 0 Å². The number of carbonyl (C=O) groups is 1. The molecule has 16 heavy (non-hydrogen) atoms. The van der Waals surface area contributed by atoms with Crippen molar-refractivity contribution in [2.75, 3.05) is 19.6 Å². The summed E-state index contributed by atoms with van der Waals surface area (Å²) in [4.78, 5) is 14.1. The van der Waals surface area contributed by atoms with Gasteiger partial charge in [-0.1, -0.05) is 6.42 Å². The third kappa shape index (κ3) is 3.05. The lowest BCUT2D eigenvalue weighted by molar-refractivity contribution is -0.125. The molecule has 3 nitrogen and oxygen atoms in total. The number of likely N-dealkylation sites (tertiary alicyclic amines) is 1. The second-order valence-electron chi connectivity index (χ2n) is 5.71. The van der Waals surface area contributed by atoms with E-state index >= 15 is 0 Å². The van der Waals surface area contributed by atoms with Crippen LogP contribution in [-0.4, -0.2) is 41.0 Å². The Morgan fingerprint density at radius 2 is 2.06 bits per heavy atom. The lowest BCUT2D eigenvalue weighted by Gasteiger charge is -2.37. The van der Waals surface area contributed by atoms with Crippen molar-refractivity contribution in [1.29, 1.82) is 0 Å². The fourth-order valence-electron chi connectivity index (χ4n) is 2.78. The molecule has 1 unspecified atom stereocenters. The van der Waals surface area contributed by atoms with E-state index in [0.29, 0.717) is 5.78 Å². The molecule has 2 aliphatic rings. The number of hydrogen-bond acceptors (Lipinski definition) is 3. The van der Waals surface area contributed by atoms with Gasteiger partial charge < -0.3 is 10.0 Å². The Hall–Kier alpha value is -0.410. The van der Waals surface area contributed by atoms with Gasteiger partial charge in [-0.05, 0) is 32.6 Å². The van der Waals surface area contributed by atoms with Crippen molar-refractivity contribution in [3.05, 3.63) is 0 Å². The Balaban J connectivity index is 1.80. The zero-order chi connectivity index (χ0) is 11.6. The molecular weight excluding hydrogens is 202 g/mol. The molecule has 1 N–H and O–H groups in total. The van der Waals surface area contributed by atoms with Crippen molar-refractivity contribution >= 4 is 5.78 Å². The molecule has 0 radical (unpaired) electrons. The SMILES string of the molecule is CC1(O)CCN(CC2CCCCC2=O)CC1. The third-order valence-corrected chi connectivity index (χ3v) is 4.09. The number of ketones is 1. The van der Waals surface area contributed by atoms with Crippen molar-refractivity contribution in [1.82, 2.24) is 4.90 Å². The lowest BCUT2D eigenvalue weighted by atomic mass is 9.86. The summed E-state index contributed by atoms with van der Waals surface area (Å²) in [7, 11) is 0. The fraction of sp³-hybridized carbons (Fsp3) is 0.923. The van der Waals surface area contributed by atoms with E-state index in [1.54, 1.807) is 0 Å². The number of rotatable bonds is 2. The minimum Gasteiger partial charge on any atom is -0.390 e. The van der Waals surface area contributed by atoms with Gasteiger partial charge in [-0.25, -0.2) is 0 Å². The molecule has 0 aromatic rings. The highest BCUT2D eigenvalue weighted by atomic mass is 16.3. The quantitative estimate of drug-likeness (QED) is 0.776. The molecule has 92 valence electrons. The summed E-state index contributed by atoms with van der Waals surface area (Å²) in [6.45, 7) is 4.72. The molecule has 0 aromatic heterocycles. The van der Waals surface area contributed by atoms with Crippen LogP contribution in [0.5, 0.6) is 0 Å². The van der Waals surface area contributed by atoms with E-state index in [4.69, 9.17) is 0 Å². The number of carbonyl (C=O) groups excluding carboxylic acids is 1. The number of nitrogens with zero attached hydrogens (tertiary/aromatic N) is 1. The number of hydrogen-bond donors (Lipinski definition) is 1. The molecular formula is C13H23NO2. The van der Waals surface area contributed by atoms with Crippen molar-refractivity contribution < 1.29 is 9.90 Å². The first-order valence-electron chi connectivity index (χ1n) is 6.54. The van der Waals surface area contributed by atoms with Crippen LogP contribution in [0.1, 0.15) is 45.4 Å². The number of Topliss-reactive ketones (excluding diaryl/α,β-unsaturated/α-hetero) is 1. The van der Waals surface area contributed by atoms with Gasteiger partial charge in [0, 0.05) is 32.0 Å². The molecule has 0 aromatic carbocycles. The molecule has 1 aliphatic heterocycles. The van der Waals surface area contributed by atoms with Crippen molar-refractivity contribution in [2.45, 2.75) is 51.0 Å². The summed E-state index contributed by atoms with van der Waals surface area (Å²) in [5, 5.41) is 9.86. The van der Waals surface area contributed by atoms with Gasteiger partial charge in [0.25, 0.3) is 0 Å². The Morgan fingerprint density at radius 3 is 2.69 bits per heavy atom. The highest BCUT2D eigenvalue weighted by Crippen LogP contribution is 2.25. The predicted octanol–water partition coefficient (Wildman–Crippen LogP) is 1.59. The molecule has 1 heterocycles. The smallest absolute Gasteiger partial charge is 0.137 e. The highest BCUT2D eigenvalue weighted by molar-refractivity contribution is 5.81. The number of aliphatic hydroxyl groups is 1. The predicted molar refractivity (Wildman–Crippen MR) is 63.3 cm³/mol. The first-order valence-corrected chi connectivity index (χ1v) is 6.54. The first kappa shape index (κ1) is 12.1. The fourth-order valence-corrected chi connectivity index (χ4v) is 2.78. The molecule has 0 bridgehead atoms. The largest absolute Gasteiger partial charge is 0.390 e. The van der Waals surface area contributed by atoms with Crippen LogP contribution in [0.25, 0.3) is 0 Å². The minimum atomic E-state index is -0.479. The summed E-state index contributed by atoms with van der Waals surface area (Å²) >= 11 is 0. The monoisotopic (exact) mass is 225 g/mol. The van der Waals surface area contributed by atoms with Gasteiger partial charge in [-0.2, -0.15) is 0 Å². The van der Waals surface area contributed by atoms with E-state index in [-0.39, 0.29) is 5.92 Å². The average molecular weight is 225 g/mol. The zero-order valence-corrected chi connectivity index (χ0v) is 10.2. The van der Waals surface area contributed by atoms with Crippen LogP contribution in [0.4, 0.5) is 0 Å². The molecule has 1 aliphatic carbocycles. The van der Waals surface area contributed by atoms with Gasteiger partial charge in [0.1, 0.15) is 5.78 Å². The summed E-state index contributed by atoms with van der Waals surface area (Å²) in [6, 6.07) is 0. The van der Waals surface area contributed by atoms with Crippen molar-refractivity contribution in [2.24, 2.45) is 5.92 Å². The van der Waals surface area contributed by atoms with E-state index in [2.05, 4.69) is 4.90 Å². The Kier molecular flexibility index (Phi) is 3.65. The van der Waals surface area contributed by atoms with Gasteiger partial charge in [-0.3, -0.25) is 4.79 Å². The topological polar surface area (TPSA) is 40.5 Å². The third-order valence-electron chi connectivity index (χ3n) is 4.09. The standard InChI is InChI=1S/C13H23NO2/c1-13(16)6-8-14(9-7-13)10-11-4-2-3-5-12(11)15/h11,16H,2-10H2,1H3. The lowest BCUT2D eigenvalue weighted by Crippen LogP contribution is -2.45. The maximum Gasteiger partial charge on any atom is 0.137 e. The molecule has 0 spiro atoms. The highest BCUT2D eigenvalue weighted by Gasteiger charge is 2.30. The first-order chi connectivity index (χ1) is 7.57. The van der Waals surface area contributed by atoms with Crippen LogP contribution in [0.2, 0.25) is 0 Å². The van der Waals surface area contributed by atoms with E-state index in [1.807, 2.05) is 6.92 Å². The second kappa shape index (κ2) is 4.84. The van der Waals surface area contributed by atoms with Gasteiger partial charge >= 0.3 is 0 Å². The summed E-state index contributed by atoms with van der Waals surface area (Å²) < 4.78 is 0. The van der Waals surface area contributed by atoms with E-state index in [1.165, 1.54) is 6.42 Å². The summed E-state index contributed by atoms with van der Waals surface area (Å²) in [6.07, 6.45) is 5.84. The van der Waals surface area contributed by atoms with Gasteiger partial charge in [0.15, 0.2) is 0 Å². The molecule has 3 heteroatoms. The van der Waals surface area contributed by atoms with Crippen LogP contribution in [-0.2, 0) is 4.79 Å². The van der Waals surface area contributed by atoms with Gasteiger partial charge in [0.05, 0.1) is 5.60 Å². The van der Waals surface area contributed by atoms with Gasteiger partial charge in [0.2, 0.25) is 0 Å². The molecule has 1 saturated heterocycles. The molecule has 1 atom stereocenters. The van der Waals surface area contributed by atoms with Crippen LogP contribution in [0.3, 0.4) is 0 Å².